The molecule has 0 saturated carbocycles. The molecule has 0 radical (unpaired) electrons. The van der Waals surface area contributed by atoms with E-state index in [-0.39, 0.29) is 5.75 Å². The van der Waals surface area contributed by atoms with Gasteiger partial charge in [0.15, 0.2) is 5.17 Å². The van der Waals surface area contributed by atoms with Crippen LogP contribution in [0.3, 0.4) is 0 Å². The molecule has 6 heteroatoms. The second-order valence-corrected chi connectivity index (χ2v) is 6.24. The van der Waals surface area contributed by atoms with Crippen LogP contribution < -0.4 is 10.5 Å². The number of ether oxygens (including phenoxy) is 1. The first kappa shape index (κ1) is 17.9. The summed E-state index contributed by atoms with van der Waals surface area (Å²) in [7, 11) is 1.60. The van der Waals surface area contributed by atoms with Crippen LogP contribution in [0.25, 0.3) is 0 Å². The molecule has 0 amide bonds. The van der Waals surface area contributed by atoms with E-state index in [2.05, 4.69) is 10.2 Å². The smallest absolute Gasteiger partial charge is 0.180 e. The number of hydrogen-bond acceptors (Lipinski definition) is 5. The Balaban J connectivity index is 2.08. The number of benzene rings is 2. The molecule has 3 N–H and O–H groups in total. The standard InChI is InChI=1S/C18H21N3O2S/c1-12-9-16(22)15(13(2)17(12)23-3)10-20-21-18(19)24-11-14-7-5-4-6-8-14/h4-10,22H,11H2,1-3H3,(H2,19,21). The second kappa shape index (κ2) is 8.40. The molecule has 2 rings (SSSR count). The van der Waals surface area contributed by atoms with Crippen LogP contribution in [0.1, 0.15) is 22.3 Å². The highest BCUT2D eigenvalue weighted by atomic mass is 32.2. The maximum Gasteiger partial charge on any atom is 0.180 e. The third-order valence-electron chi connectivity index (χ3n) is 3.51. The highest BCUT2D eigenvalue weighted by Crippen LogP contribution is 2.31. The average Bonchev–Trinajstić information content (AvgIpc) is 2.57. The van der Waals surface area contributed by atoms with Gasteiger partial charge >= 0.3 is 0 Å². The van der Waals surface area contributed by atoms with Crippen molar-refractivity contribution in [1.29, 1.82) is 0 Å². The summed E-state index contributed by atoms with van der Waals surface area (Å²) >= 11 is 1.41. The molecule has 0 saturated heterocycles. The van der Waals surface area contributed by atoms with Crippen LogP contribution in [0.5, 0.6) is 11.5 Å². The zero-order valence-electron chi connectivity index (χ0n) is 14.0. The van der Waals surface area contributed by atoms with E-state index >= 15 is 0 Å². The van der Waals surface area contributed by atoms with E-state index in [9.17, 15) is 5.11 Å². The number of aryl methyl sites for hydroxylation is 1. The van der Waals surface area contributed by atoms with E-state index in [1.807, 2.05) is 44.2 Å². The normalized spacial score (nSPS) is 11.9. The van der Waals surface area contributed by atoms with Crippen LogP contribution in [0.4, 0.5) is 0 Å². The lowest BCUT2D eigenvalue weighted by Crippen LogP contribution is -2.06. The van der Waals surface area contributed by atoms with Crippen LogP contribution in [0.15, 0.2) is 46.6 Å². The number of nitrogens with two attached hydrogens (primary N) is 1. The van der Waals surface area contributed by atoms with Crippen LogP contribution in [-0.4, -0.2) is 23.6 Å². The summed E-state index contributed by atoms with van der Waals surface area (Å²) in [6.07, 6.45) is 1.49. The fourth-order valence-corrected chi connectivity index (χ4v) is 2.95. The van der Waals surface area contributed by atoms with E-state index in [4.69, 9.17) is 10.5 Å². The van der Waals surface area contributed by atoms with Gasteiger partial charge in [-0.2, -0.15) is 5.10 Å². The molecule has 2 aromatic carbocycles. The number of nitrogens with zero attached hydrogens (tertiary/aromatic N) is 2. The molecule has 0 aliphatic carbocycles. The molecule has 0 aromatic heterocycles. The van der Waals surface area contributed by atoms with Crippen LogP contribution in [-0.2, 0) is 5.75 Å². The molecule has 24 heavy (non-hydrogen) atoms. The Kier molecular flexibility index (Phi) is 6.26. The summed E-state index contributed by atoms with van der Waals surface area (Å²) in [5.41, 5.74) is 9.27. The molecular weight excluding hydrogens is 322 g/mol. The van der Waals surface area contributed by atoms with Crippen molar-refractivity contribution in [3.8, 4) is 11.5 Å². The first-order chi connectivity index (χ1) is 11.5. The minimum atomic E-state index is 0.139. The van der Waals surface area contributed by atoms with Crippen molar-refractivity contribution in [3.05, 3.63) is 58.7 Å². The average molecular weight is 343 g/mol. The molecule has 0 spiro atoms. The molecule has 0 aliphatic rings. The monoisotopic (exact) mass is 343 g/mol. The molecule has 0 atom stereocenters. The Bertz CT molecular complexity index is 759. The van der Waals surface area contributed by atoms with Gasteiger partial charge in [0.25, 0.3) is 0 Å². The highest BCUT2D eigenvalue weighted by Gasteiger charge is 2.11. The SMILES string of the molecule is COc1c(C)cc(O)c(C=NN=C(N)SCc2ccccc2)c1C. The second-order valence-electron chi connectivity index (χ2n) is 5.24. The van der Waals surface area contributed by atoms with E-state index in [0.29, 0.717) is 10.7 Å². The van der Waals surface area contributed by atoms with Gasteiger partial charge < -0.3 is 15.6 Å². The number of phenols is 1. The number of methoxy groups -OCH3 is 1. The Labute approximate surface area is 146 Å². The molecule has 0 bridgehead atoms. The first-order valence-corrected chi connectivity index (χ1v) is 8.42. The van der Waals surface area contributed by atoms with Crippen molar-refractivity contribution in [3.63, 3.8) is 0 Å². The number of rotatable bonds is 5. The van der Waals surface area contributed by atoms with E-state index < -0.39 is 0 Å². The maximum absolute atomic E-state index is 10.1. The summed E-state index contributed by atoms with van der Waals surface area (Å²) in [6, 6.07) is 11.6. The maximum atomic E-state index is 10.1. The molecule has 0 aliphatic heterocycles. The largest absolute Gasteiger partial charge is 0.507 e. The van der Waals surface area contributed by atoms with Crippen LogP contribution >= 0.6 is 11.8 Å². The Morgan fingerprint density at radius 1 is 1.29 bits per heavy atom. The van der Waals surface area contributed by atoms with Gasteiger partial charge in [0.1, 0.15) is 11.5 Å². The molecule has 0 fully saturated rings. The van der Waals surface area contributed by atoms with Crippen molar-refractivity contribution in [2.75, 3.05) is 7.11 Å². The number of amidine groups is 1. The summed E-state index contributed by atoms with van der Waals surface area (Å²) in [6.45, 7) is 3.74. The molecule has 0 unspecified atom stereocenters. The molecule has 0 heterocycles. The lowest BCUT2D eigenvalue weighted by atomic mass is 10.0. The lowest BCUT2D eigenvalue weighted by molar-refractivity contribution is 0.405. The first-order valence-electron chi connectivity index (χ1n) is 7.43. The summed E-state index contributed by atoms with van der Waals surface area (Å²) < 4.78 is 5.35. The van der Waals surface area contributed by atoms with Gasteiger partial charge in [-0.1, -0.05) is 42.1 Å². The zero-order valence-corrected chi connectivity index (χ0v) is 14.8. The highest BCUT2D eigenvalue weighted by molar-refractivity contribution is 8.13. The van der Waals surface area contributed by atoms with Gasteiger partial charge in [0.2, 0.25) is 0 Å². The van der Waals surface area contributed by atoms with Crippen molar-refractivity contribution in [2.24, 2.45) is 15.9 Å². The van der Waals surface area contributed by atoms with E-state index in [1.165, 1.54) is 23.5 Å². The minimum Gasteiger partial charge on any atom is -0.507 e. The predicted molar refractivity (Wildman–Crippen MR) is 101 cm³/mol. The van der Waals surface area contributed by atoms with E-state index in [1.54, 1.807) is 13.2 Å². The van der Waals surface area contributed by atoms with Crippen LogP contribution in [0, 0.1) is 13.8 Å². The Morgan fingerprint density at radius 2 is 2.00 bits per heavy atom. The molecule has 2 aromatic rings. The molecular formula is C18H21N3O2S. The van der Waals surface area contributed by atoms with Gasteiger partial charge in [0.05, 0.1) is 13.3 Å². The third kappa shape index (κ3) is 4.52. The van der Waals surface area contributed by atoms with Gasteiger partial charge in [-0.25, -0.2) is 0 Å². The zero-order chi connectivity index (χ0) is 17.5. The summed E-state index contributed by atoms with van der Waals surface area (Å²) in [4.78, 5) is 0. The van der Waals surface area contributed by atoms with Crippen molar-refractivity contribution in [2.45, 2.75) is 19.6 Å². The summed E-state index contributed by atoms with van der Waals surface area (Å²) in [5.74, 6) is 1.60. The van der Waals surface area contributed by atoms with Crippen molar-refractivity contribution < 1.29 is 9.84 Å². The minimum absolute atomic E-state index is 0.139. The number of phenolic OH excluding ortho intramolecular Hbond substituents is 1. The molecule has 126 valence electrons. The lowest BCUT2D eigenvalue weighted by Gasteiger charge is -2.12. The van der Waals surface area contributed by atoms with Crippen LogP contribution in [0.2, 0.25) is 0 Å². The Hall–Kier alpha value is -2.47. The topological polar surface area (TPSA) is 80.2 Å². The van der Waals surface area contributed by atoms with Crippen molar-refractivity contribution in [1.82, 2.24) is 0 Å². The molecule has 5 nitrogen and oxygen atoms in total. The number of hydrogen-bond donors (Lipinski definition) is 2. The number of aromatic hydroxyl groups is 1. The quantitative estimate of drug-likeness (QED) is 0.494. The van der Waals surface area contributed by atoms with Gasteiger partial charge in [-0.3, -0.25) is 0 Å². The van der Waals surface area contributed by atoms with Crippen molar-refractivity contribution >= 4 is 23.1 Å². The third-order valence-corrected chi connectivity index (χ3v) is 4.36. The van der Waals surface area contributed by atoms with Gasteiger partial charge in [0, 0.05) is 16.9 Å². The van der Waals surface area contributed by atoms with Gasteiger partial charge in [-0.05, 0) is 31.0 Å². The summed E-state index contributed by atoms with van der Waals surface area (Å²) in [5, 5.41) is 18.4. The number of thioether (sulfide) groups is 1. The fraction of sp³-hybridized carbons (Fsp3) is 0.222. The predicted octanol–water partition coefficient (Wildman–Crippen LogP) is 3.60. The van der Waals surface area contributed by atoms with Gasteiger partial charge in [-0.15, -0.1) is 5.10 Å². The Morgan fingerprint density at radius 3 is 2.67 bits per heavy atom. The van der Waals surface area contributed by atoms with E-state index in [0.717, 1.165) is 22.6 Å². The fourth-order valence-electron chi connectivity index (χ4n) is 2.34.